The number of rotatable bonds is 3. The normalized spacial score (nSPS) is 10.5. The molecule has 1 aromatic heterocycles. The topological polar surface area (TPSA) is 39.2 Å². The van der Waals surface area contributed by atoms with Crippen LogP contribution in [0.4, 0.5) is 13.2 Å². The molecular formula is C9H8F3NO2. The second-order valence-electron chi connectivity index (χ2n) is 2.61. The number of pyridine rings is 1. The van der Waals surface area contributed by atoms with Crippen LogP contribution in [0.1, 0.15) is 29.4 Å². The van der Waals surface area contributed by atoms with Gasteiger partial charge in [0.2, 0.25) is 0 Å². The zero-order chi connectivity index (χ0) is 11.4. The number of hydrogen-bond acceptors (Lipinski definition) is 3. The fourth-order valence-corrected chi connectivity index (χ4v) is 0.938. The molecule has 0 aliphatic carbocycles. The highest BCUT2D eigenvalue weighted by molar-refractivity contribution is 5.87. The Labute approximate surface area is 83.9 Å². The number of nitrogens with zero attached hydrogens (tertiary/aromatic N) is 1. The van der Waals surface area contributed by atoms with Crippen LogP contribution in [0.2, 0.25) is 0 Å². The molecule has 0 N–H and O–H groups in total. The second-order valence-corrected chi connectivity index (χ2v) is 2.61. The van der Waals surface area contributed by atoms with Gasteiger partial charge < -0.3 is 4.74 Å². The Kier molecular flexibility index (Phi) is 3.65. The second kappa shape index (κ2) is 4.77. The maximum Gasteiger partial charge on any atom is 0.356 e. The van der Waals surface area contributed by atoms with Crippen molar-refractivity contribution in [2.24, 2.45) is 0 Å². The summed E-state index contributed by atoms with van der Waals surface area (Å²) in [5, 5.41) is 0. The van der Waals surface area contributed by atoms with Gasteiger partial charge in [0, 0.05) is 0 Å². The van der Waals surface area contributed by atoms with Gasteiger partial charge in [-0.05, 0) is 13.0 Å². The monoisotopic (exact) mass is 219 g/mol. The zero-order valence-electron chi connectivity index (χ0n) is 7.84. The van der Waals surface area contributed by atoms with Crippen molar-refractivity contribution in [2.75, 3.05) is 6.61 Å². The molecule has 15 heavy (non-hydrogen) atoms. The first-order valence-electron chi connectivity index (χ1n) is 4.17. The number of alkyl halides is 2. The molecule has 3 nitrogen and oxygen atoms in total. The number of esters is 1. The number of aromatic nitrogens is 1. The minimum Gasteiger partial charge on any atom is -0.461 e. The van der Waals surface area contributed by atoms with Gasteiger partial charge in [0.1, 0.15) is 11.5 Å². The van der Waals surface area contributed by atoms with Crippen LogP contribution in [0.15, 0.2) is 12.3 Å². The van der Waals surface area contributed by atoms with Gasteiger partial charge in [-0.1, -0.05) is 0 Å². The lowest BCUT2D eigenvalue weighted by Gasteiger charge is -2.04. The van der Waals surface area contributed by atoms with Crippen molar-refractivity contribution in [1.29, 1.82) is 0 Å². The van der Waals surface area contributed by atoms with Gasteiger partial charge in [-0.25, -0.2) is 22.9 Å². The van der Waals surface area contributed by atoms with Gasteiger partial charge in [-0.2, -0.15) is 0 Å². The van der Waals surface area contributed by atoms with Crippen molar-refractivity contribution < 1.29 is 22.7 Å². The van der Waals surface area contributed by atoms with E-state index in [1.54, 1.807) is 6.92 Å². The van der Waals surface area contributed by atoms with E-state index < -0.39 is 23.8 Å². The van der Waals surface area contributed by atoms with Crippen LogP contribution in [0.25, 0.3) is 0 Å². The first-order valence-corrected chi connectivity index (χ1v) is 4.17. The lowest BCUT2D eigenvalue weighted by atomic mass is 10.2. The smallest absolute Gasteiger partial charge is 0.356 e. The molecule has 1 aromatic rings. The maximum absolute atomic E-state index is 12.8. The van der Waals surface area contributed by atoms with Crippen LogP contribution in [-0.2, 0) is 4.74 Å². The van der Waals surface area contributed by atoms with Crippen molar-refractivity contribution in [2.45, 2.75) is 13.3 Å². The molecule has 0 unspecified atom stereocenters. The quantitative estimate of drug-likeness (QED) is 0.732. The van der Waals surface area contributed by atoms with Crippen molar-refractivity contribution in [1.82, 2.24) is 4.98 Å². The third kappa shape index (κ3) is 2.68. The van der Waals surface area contributed by atoms with E-state index in [9.17, 15) is 18.0 Å². The van der Waals surface area contributed by atoms with Crippen LogP contribution >= 0.6 is 0 Å². The number of hydrogen-bond donors (Lipinski definition) is 0. The fourth-order valence-electron chi connectivity index (χ4n) is 0.938. The van der Waals surface area contributed by atoms with Crippen LogP contribution in [0.3, 0.4) is 0 Å². The van der Waals surface area contributed by atoms with Gasteiger partial charge >= 0.3 is 5.97 Å². The predicted octanol–water partition coefficient (Wildman–Crippen LogP) is 2.33. The summed E-state index contributed by atoms with van der Waals surface area (Å²) in [6.07, 6.45) is -2.41. The molecule has 0 saturated carbocycles. The summed E-state index contributed by atoms with van der Waals surface area (Å²) in [6, 6.07) is 0.692. The summed E-state index contributed by atoms with van der Waals surface area (Å²) >= 11 is 0. The molecule has 0 bridgehead atoms. The molecule has 0 aromatic carbocycles. The van der Waals surface area contributed by atoms with Gasteiger partial charge in [-0.15, -0.1) is 0 Å². The summed E-state index contributed by atoms with van der Waals surface area (Å²) in [5.74, 6) is -1.99. The first kappa shape index (κ1) is 11.5. The predicted molar refractivity (Wildman–Crippen MR) is 45.1 cm³/mol. The SMILES string of the molecule is CCOC(=O)c1cc(C(F)F)c(F)cn1. The highest BCUT2D eigenvalue weighted by atomic mass is 19.3. The fraction of sp³-hybridized carbons (Fsp3) is 0.333. The third-order valence-electron chi connectivity index (χ3n) is 1.60. The Morgan fingerprint density at radius 2 is 2.27 bits per heavy atom. The van der Waals surface area contributed by atoms with E-state index in [1.165, 1.54) is 0 Å². The summed E-state index contributed by atoms with van der Waals surface area (Å²) < 4.78 is 41.8. The first-order chi connectivity index (χ1) is 7.06. The summed E-state index contributed by atoms with van der Waals surface area (Å²) in [6.45, 7) is 1.66. The lowest BCUT2D eigenvalue weighted by molar-refractivity contribution is 0.0518. The third-order valence-corrected chi connectivity index (χ3v) is 1.60. The zero-order valence-corrected chi connectivity index (χ0v) is 7.84. The van der Waals surface area contributed by atoms with Crippen molar-refractivity contribution >= 4 is 5.97 Å². The molecule has 0 aliphatic rings. The Balaban J connectivity index is 3.02. The van der Waals surface area contributed by atoms with E-state index in [-0.39, 0.29) is 12.3 Å². The standard InChI is InChI=1S/C9H8F3NO2/c1-2-15-9(14)7-3-5(8(11)12)6(10)4-13-7/h3-4,8H,2H2,1H3. The Morgan fingerprint density at radius 1 is 1.60 bits per heavy atom. The van der Waals surface area contributed by atoms with Gasteiger partial charge in [0.25, 0.3) is 6.43 Å². The van der Waals surface area contributed by atoms with Crippen LogP contribution < -0.4 is 0 Å². The average Bonchev–Trinajstić information content (AvgIpc) is 2.18. The largest absolute Gasteiger partial charge is 0.461 e. The van der Waals surface area contributed by atoms with Crippen LogP contribution in [-0.4, -0.2) is 17.6 Å². The lowest BCUT2D eigenvalue weighted by Crippen LogP contribution is -2.08. The number of ether oxygens (including phenoxy) is 1. The number of halogens is 3. The Bertz CT molecular complexity index is 368. The summed E-state index contributed by atoms with van der Waals surface area (Å²) in [7, 11) is 0. The molecule has 82 valence electrons. The molecular weight excluding hydrogens is 211 g/mol. The number of carbonyl (C=O) groups is 1. The molecule has 0 fully saturated rings. The molecule has 0 spiro atoms. The molecule has 0 aliphatic heterocycles. The van der Waals surface area contributed by atoms with Crippen LogP contribution in [0.5, 0.6) is 0 Å². The Hall–Kier alpha value is -1.59. The van der Waals surface area contributed by atoms with Crippen molar-refractivity contribution in [3.63, 3.8) is 0 Å². The summed E-state index contributed by atoms with van der Waals surface area (Å²) in [4.78, 5) is 14.4. The average molecular weight is 219 g/mol. The van der Waals surface area contributed by atoms with Crippen molar-refractivity contribution in [3.05, 3.63) is 29.3 Å². The molecule has 0 radical (unpaired) electrons. The van der Waals surface area contributed by atoms with Crippen LogP contribution in [0, 0.1) is 5.82 Å². The van der Waals surface area contributed by atoms with Gasteiger partial charge in [0.05, 0.1) is 18.4 Å². The number of carbonyl (C=O) groups excluding carboxylic acids is 1. The maximum atomic E-state index is 12.8. The highest BCUT2D eigenvalue weighted by Crippen LogP contribution is 2.22. The van der Waals surface area contributed by atoms with E-state index in [0.717, 1.165) is 0 Å². The van der Waals surface area contributed by atoms with Crippen molar-refractivity contribution in [3.8, 4) is 0 Å². The van der Waals surface area contributed by atoms with E-state index in [2.05, 4.69) is 9.72 Å². The molecule has 1 heterocycles. The summed E-state index contributed by atoms with van der Waals surface area (Å²) in [5.41, 5.74) is -1.18. The van der Waals surface area contributed by atoms with E-state index in [0.29, 0.717) is 12.3 Å². The van der Waals surface area contributed by atoms with Gasteiger partial charge in [0.15, 0.2) is 0 Å². The Morgan fingerprint density at radius 3 is 2.80 bits per heavy atom. The van der Waals surface area contributed by atoms with E-state index in [1.807, 2.05) is 0 Å². The van der Waals surface area contributed by atoms with E-state index in [4.69, 9.17) is 0 Å². The molecule has 1 rings (SSSR count). The molecule has 0 amide bonds. The molecule has 0 saturated heterocycles. The highest BCUT2D eigenvalue weighted by Gasteiger charge is 2.17. The minimum absolute atomic E-state index is 0.0991. The van der Waals surface area contributed by atoms with E-state index >= 15 is 0 Å². The molecule has 0 atom stereocenters. The van der Waals surface area contributed by atoms with Gasteiger partial charge in [-0.3, -0.25) is 0 Å². The minimum atomic E-state index is -2.99. The molecule has 6 heteroatoms.